The monoisotopic (exact) mass is 372 g/mol. The normalized spacial score (nSPS) is 13.4. The van der Waals surface area contributed by atoms with E-state index in [0.717, 1.165) is 0 Å². The van der Waals surface area contributed by atoms with Crippen LogP contribution in [0, 0.1) is 29.1 Å². The zero-order valence-corrected chi connectivity index (χ0v) is 15.0. The van der Waals surface area contributed by atoms with Gasteiger partial charge in [-0.2, -0.15) is 0 Å². The minimum absolute atomic E-state index is 0.0184. The molecule has 0 spiro atoms. The average molecular weight is 372 g/mol. The topological polar surface area (TPSA) is 27.7 Å². The molecule has 1 unspecified atom stereocenters. The van der Waals surface area contributed by atoms with E-state index in [1.165, 1.54) is 0 Å². The fraction of sp³-hybridized carbons (Fsp3) is 0.600. The second-order valence-electron chi connectivity index (χ2n) is 4.85. The van der Waals surface area contributed by atoms with Crippen molar-refractivity contribution in [3.05, 3.63) is 34.6 Å². The molecule has 0 aliphatic rings. The lowest BCUT2D eigenvalue weighted by atomic mass is 10.1. The molecule has 0 saturated carbocycles. The third-order valence-electron chi connectivity index (χ3n) is 3.46. The molecule has 0 N–H and O–H groups in total. The van der Waals surface area contributed by atoms with Crippen molar-refractivity contribution < 1.29 is 35.2 Å². The smallest absolute Gasteiger partial charge is 0.373 e. The summed E-state index contributed by atoms with van der Waals surface area (Å²) >= 11 is 0. The quantitative estimate of drug-likeness (QED) is 0.277. The Hall–Kier alpha value is -1.03. The van der Waals surface area contributed by atoms with E-state index in [1.54, 1.807) is 27.7 Å². The first-order valence-corrected chi connectivity index (χ1v) is 9.54. The molecule has 0 aromatic heterocycles. The predicted octanol–water partition coefficient (Wildman–Crippen LogP) is 4.46. The van der Waals surface area contributed by atoms with Crippen molar-refractivity contribution in [3.63, 3.8) is 0 Å². The van der Waals surface area contributed by atoms with Gasteiger partial charge >= 0.3 is 8.80 Å². The van der Waals surface area contributed by atoms with Gasteiger partial charge in [0.15, 0.2) is 23.3 Å². The summed E-state index contributed by atoms with van der Waals surface area (Å²) in [5.41, 5.74) is -2.17. The van der Waals surface area contributed by atoms with Crippen LogP contribution in [-0.2, 0) is 13.3 Å². The van der Waals surface area contributed by atoms with Gasteiger partial charge in [-0.3, -0.25) is 0 Å². The highest BCUT2D eigenvalue weighted by Crippen LogP contribution is 2.38. The van der Waals surface area contributed by atoms with Crippen molar-refractivity contribution in [2.45, 2.75) is 39.7 Å². The lowest BCUT2D eigenvalue weighted by molar-refractivity contribution is 0.0601. The summed E-state index contributed by atoms with van der Waals surface area (Å²) in [6.07, 6.45) is 0.0184. The van der Waals surface area contributed by atoms with Crippen LogP contribution in [0.3, 0.4) is 0 Å². The maximum absolute atomic E-state index is 14.2. The zero-order valence-electron chi connectivity index (χ0n) is 14.0. The standard InChI is InChI=1S/C15H21F5O3Si/c1-5-9(24(21-6-2,22-7-3)23-8-4)10-11(16)13(18)15(20)14(19)12(10)17/h9H,5-8H2,1-4H3. The molecule has 0 fully saturated rings. The molecule has 0 aliphatic heterocycles. The highest BCUT2D eigenvalue weighted by atomic mass is 28.4. The number of hydrogen-bond donors (Lipinski definition) is 0. The third-order valence-corrected chi connectivity index (χ3v) is 7.09. The molecular formula is C15H21F5O3Si. The molecule has 0 aliphatic carbocycles. The van der Waals surface area contributed by atoms with Gasteiger partial charge in [-0.05, 0) is 27.2 Å². The lowest BCUT2D eigenvalue weighted by Gasteiger charge is -2.35. The fourth-order valence-corrected chi connectivity index (χ4v) is 5.76. The second kappa shape index (κ2) is 8.89. The maximum Gasteiger partial charge on any atom is 0.509 e. The van der Waals surface area contributed by atoms with Crippen LogP contribution in [-0.4, -0.2) is 28.6 Å². The lowest BCUT2D eigenvalue weighted by Crippen LogP contribution is -2.52. The number of benzene rings is 1. The molecule has 1 aromatic carbocycles. The van der Waals surface area contributed by atoms with E-state index in [1.807, 2.05) is 0 Å². The number of halogens is 5. The molecule has 0 heterocycles. The van der Waals surface area contributed by atoms with E-state index in [2.05, 4.69) is 0 Å². The first kappa shape index (κ1) is 21.0. The van der Waals surface area contributed by atoms with Gasteiger partial charge in [0, 0.05) is 25.4 Å². The summed E-state index contributed by atoms with van der Waals surface area (Å²) in [6, 6.07) is 0. The average Bonchev–Trinajstić information content (AvgIpc) is 2.55. The molecule has 1 aromatic rings. The maximum atomic E-state index is 14.2. The van der Waals surface area contributed by atoms with Gasteiger partial charge in [-0.15, -0.1) is 0 Å². The van der Waals surface area contributed by atoms with Gasteiger partial charge < -0.3 is 13.3 Å². The van der Waals surface area contributed by atoms with Crippen LogP contribution in [0.2, 0.25) is 0 Å². The van der Waals surface area contributed by atoms with Crippen LogP contribution in [0.5, 0.6) is 0 Å². The molecule has 1 rings (SSSR count). The molecule has 0 saturated heterocycles. The summed E-state index contributed by atoms with van der Waals surface area (Å²) in [6.45, 7) is 6.76. The van der Waals surface area contributed by atoms with Gasteiger partial charge in [-0.25, -0.2) is 22.0 Å². The Bertz CT molecular complexity index is 525. The number of rotatable bonds is 9. The van der Waals surface area contributed by atoms with Gasteiger partial charge in [0.25, 0.3) is 0 Å². The molecule has 3 nitrogen and oxygen atoms in total. The molecule has 138 valence electrons. The minimum atomic E-state index is -3.73. The van der Waals surface area contributed by atoms with E-state index in [0.29, 0.717) is 0 Å². The Kier molecular flexibility index (Phi) is 7.78. The SMILES string of the molecule is CCO[Si](OCC)(OCC)C(CC)c1c(F)c(F)c(F)c(F)c1F. The van der Waals surface area contributed by atoms with Crippen LogP contribution in [0.15, 0.2) is 0 Å². The number of hydrogen-bond acceptors (Lipinski definition) is 3. The first-order chi connectivity index (χ1) is 11.3. The largest absolute Gasteiger partial charge is 0.509 e. The summed E-state index contributed by atoms with van der Waals surface area (Å²) in [5, 5.41) is 0. The van der Waals surface area contributed by atoms with Gasteiger partial charge in [0.05, 0.1) is 5.54 Å². The summed E-state index contributed by atoms with van der Waals surface area (Å²) in [4.78, 5) is 0. The van der Waals surface area contributed by atoms with Crippen LogP contribution in [0.25, 0.3) is 0 Å². The van der Waals surface area contributed by atoms with E-state index < -0.39 is 49.0 Å². The Morgan fingerprint density at radius 1 is 0.667 bits per heavy atom. The van der Waals surface area contributed by atoms with Crippen molar-refractivity contribution in [1.29, 1.82) is 0 Å². The first-order valence-electron chi connectivity index (χ1n) is 7.74. The highest BCUT2D eigenvalue weighted by molar-refractivity contribution is 6.62. The van der Waals surface area contributed by atoms with E-state index >= 15 is 0 Å². The van der Waals surface area contributed by atoms with Crippen molar-refractivity contribution in [1.82, 2.24) is 0 Å². The Labute approximate surface area is 139 Å². The van der Waals surface area contributed by atoms with Crippen LogP contribution < -0.4 is 0 Å². The van der Waals surface area contributed by atoms with Crippen LogP contribution in [0.4, 0.5) is 22.0 Å². The molecule has 0 amide bonds. The Morgan fingerprint density at radius 3 is 1.29 bits per heavy atom. The fourth-order valence-electron chi connectivity index (χ4n) is 2.59. The molecular weight excluding hydrogens is 351 g/mol. The third kappa shape index (κ3) is 3.79. The van der Waals surface area contributed by atoms with Gasteiger partial charge in [0.1, 0.15) is 0 Å². The molecule has 24 heavy (non-hydrogen) atoms. The van der Waals surface area contributed by atoms with E-state index in [4.69, 9.17) is 13.3 Å². The van der Waals surface area contributed by atoms with Crippen molar-refractivity contribution in [3.8, 4) is 0 Å². The van der Waals surface area contributed by atoms with Crippen molar-refractivity contribution >= 4 is 8.80 Å². The predicted molar refractivity (Wildman–Crippen MR) is 79.9 cm³/mol. The van der Waals surface area contributed by atoms with Crippen molar-refractivity contribution in [2.75, 3.05) is 19.8 Å². The summed E-state index contributed by atoms with van der Waals surface area (Å²) in [7, 11) is -3.73. The van der Waals surface area contributed by atoms with Gasteiger partial charge in [0.2, 0.25) is 5.82 Å². The Balaban J connectivity index is 3.63. The van der Waals surface area contributed by atoms with E-state index in [9.17, 15) is 22.0 Å². The molecule has 9 heteroatoms. The Morgan fingerprint density at radius 2 is 1.00 bits per heavy atom. The molecule has 1 atom stereocenters. The van der Waals surface area contributed by atoms with Crippen LogP contribution >= 0.6 is 0 Å². The van der Waals surface area contributed by atoms with Crippen molar-refractivity contribution in [2.24, 2.45) is 0 Å². The van der Waals surface area contributed by atoms with E-state index in [-0.39, 0.29) is 26.2 Å². The molecule has 0 radical (unpaired) electrons. The minimum Gasteiger partial charge on any atom is -0.373 e. The highest BCUT2D eigenvalue weighted by Gasteiger charge is 2.52. The molecule has 0 bridgehead atoms. The van der Waals surface area contributed by atoms with Crippen LogP contribution in [0.1, 0.15) is 45.2 Å². The van der Waals surface area contributed by atoms with Gasteiger partial charge in [-0.1, -0.05) is 6.92 Å². The summed E-state index contributed by atoms with van der Waals surface area (Å²) < 4.78 is 85.6. The zero-order chi connectivity index (χ0) is 18.5. The summed E-state index contributed by atoms with van der Waals surface area (Å²) in [5.74, 6) is -9.94. The second-order valence-corrected chi connectivity index (χ2v) is 7.62.